The van der Waals surface area contributed by atoms with Gasteiger partial charge in [-0.05, 0) is 26.7 Å². The van der Waals surface area contributed by atoms with Crippen molar-refractivity contribution in [1.82, 2.24) is 0 Å². The summed E-state index contributed by atoms with van der Waals surface area (Å²) in [4.78, 5) is 25.3. The maximum Gasteiger partial charge on any atom is 0.338 e. The van der Waals surface area contributed by atoms with Crippen molar-refractivity contribution in [2.75, 3.05) is 13.2 Å². The van der Waals surface area contributed by atoms with Crippen LogP contribution in [0.25, 0.3) is 0 Å². The first-order valence-electron chi connectivity index (χ1n) is 15.7. The summed E-state index contributed by atoms with van der Waals surface area (Å²) in [6.07, 6.45) is 21.4. The van der Waals surface area contributed by atoms with Crippen LogP contribution in [0.4, 0.5) is 0 Å². The predicted molar refractivity (Wildman–Crippen MR) is 149 cm³/mol. The molecule has 0 saturated carbocycles. The van der Waals surface area contributed by atoms with Gasteiger partial charge < -0.3 is 18.9 Å². The number of unbranched alkanes of at least 4 members (excludes halogenated alkanes) is 16. The van der Waals surface area contributed by atoms with Crippen molar-refractivity contribution in [1.29, 1.82) is 0 Å². The molecule has 0 amide bonds. The first-order chi connectivity index (χ1) is 18.0. The van der Waals surface area contributed by atoms with Crippen LogP contribution in [0.3, 0.4) is 0 Å². The number of hydrogen-bond donors (Lipinski definition) is 0. The monoisotopic (exact) mass is 526 g/mol. The van der Waals surface area contributed by atoms with Crippen LogP contribution in [0, 0.1) is 0 Å². The summed E-state index contributed by atoms with van der Waals surface area (Å²) in [5.41, 5.74) is 0. The normalized spacial score (nSPS) is 18.7. The maximum absolute atomic E-state index is 12.7. The third-order valence-electron chi connectivity index (χ3n) is 7.32. The van der Waals surface area contributed by atoms with Gasteiger partial charge in [-0.3, -0.25) is 0 Å². The van der Waals surface area contributed by atoms with Crippen LogP contribution in [-0.4, -0.2) is 43.1 Å². The molecule has 218 valence electrons. The van der Waals surface area contributed by atoms with E-state index < -0.39 is 29.9 Å². The summed E-state index contributed by atoms with van der Waals surface area (Å²) in [5, 5.41) is 0. The van der Waals surface area contributed by atoms with Crippen LogP contribution in [0.1, 0.15) is 156 Å². The molecule has 37 heavy (non-hydrogen) atoms. The molecular weight excluding hydrogens is 468 g/mol. The highest BCUT2D eigenvalue weighted by Gasteiger charge is 2.54. The molecule has 6 nitrogen and oxygen atoms in total. The Morgan fingerprint density at radius 3 is 1.11 bits per heavy atom. The summed E-state index contributed by atoms with van der Waals surface area (Å²) < 4.78 is 23.0. The van der Waals surface area contributed by atoms with Crippen molar-refractivity contribution in [3.8, 4) is 0 Å². The van der Waals surface area contributed by atoms with E-state index in [9.17, 15) is 9.59 Å². The van der Waals surface area contributed by atoms with Gasteiger partial charge in [0.25, 0.3) is 0 Å². The SMILES string of the molecule is CCCCCCCCCCCC1(CCCCCCCCCCC)O[C@@H](C(=O)OCC)[C@H](C(=O)OCC)O1. The molecule has 2 atom stereocenters. The molecule has 0 spiro atoms. The minimum Gasteiger partial charge on any atom is -0.464 e. The molecule has 0 aromatic heterocycles. The Hall–Kier alpha value is -1.14. The Kier molecular flexibility index (Phi) is 19.9. The fourth-order valence-corrected chi connectivity index (χ4v) is 5.18. The fourth-order valence-electron chi connectivity index (χ4n) is 5.18. The van der Waals surface area contributed by atoms with Crippen LogP contribution >= 0.6 is 0 Å². The minimum atomic E-state index is -1.06. The van der Waals surface area contributed by atoms with E-state index in [1.165, 1.54) is 89.9 Å². The van der Waals surface area contributed by atoms with Crippen LogP contribution in [0.15, 0.2) is 0 Å². The Labute approximate surface area is 227 Å². The lowest BCUT2D eigenvalue weighted by Crippen LogP contribution is -2.39. The quantitative estimate of drug-likeness (QED) is 0.0928. The molecule has 1 saturated heterocycles. The van der Waals surface area contributed by atoms with Crippen molar-refractivity contribution >= 4 is 11.9 Å². The summed E-state index contributed by atoms with van der Waals surface area (Å²) >= 11 is 0. The molecule has 0 bridgehead atoms. The van der Waals surface area contributed by atoms with Gasteiger partial charge in [0.1, 0.15) is 0 Å². The van der Waals surface area contributed by atoms with Gasteiger partial charge in [0.05, 0.1) is 13.2 Å². The molecule has 0 unspecified atom stereocenters. The third kappa shape index (κ3) is 14.6. The van der Waals surface area contributed by atoms with Crippen molar-refractivity contribution < 1.29 is 28.5 Å². The molecule has 1 rings (SSSR count). The molecule has 0 aliphatic carbocycles. The van der Waals surface area contributed by atoms with E-state index in [1.54, 1.807) is 13.8 Å². The summed E-state index contributed by atoms with van der Waals surface area (Å²) in [7, 11) is 0. The zero-order valence-corrected chi connectivity index (χ0v) is 24.7. The van der Waals surface area contributed by atoms with Crippen LogP contribution in [0.5, 0.6) is 0 Å². The smallest absolute Gasteiger partial charge is 0.338 e. The van der Waals surface area contributed by atoms with E-state index in [-0.39, 0.29) is 13.2 Å². The molecule has 1 aliphatic heterocycles. The van der Waals surface area contributed by atoms with Gasteiger partial charge >= 0.3 is 11.9 Å². The van der Waals surface area contributed by atoms with Gasteiger partial charge in [-0.15, -0.1) is 0 Å². The van der Waals surface area contributed by atoms with Gasteiger partial charge in [-0.2, -0.15) is 0 Å². The third-order valence-corrected chi connectivity index (χ3v) is 7.32. The zero-order valence-electron chi connectivity index (χ0n) is 24.7. The minimum absolute atomic E-state index is 0.234. The lowest BCUT2D eigenvalue weighted by molar-refractivity contribution is -0.197. The summed E-state index contributed by atoms with van der Waals surface area (Å²) in [6.45, 7) is 8.47. The van der Waals surface area contributed by atoms with Crippen molar-refractivity contribution in [3.05, 3.63) is 0 Å². The van der Waals surface area contributed by atoms with Crippen LogP contribution in [-0.2, 0) is 28.5 Å². The molecule has 0 N–H and O–H groups in total. The van der Waals surface area contributed by atoms with Gasteiger partial charge in [0.15, 0.2) is 18.0 Å². The topological polar surface area (TPSA) is 71.1 Å². The number of carbonyl (C=O) groups excluding carboxylic acids is 2. The number of hydrogen-bond acceptors (Lipinski definition) is 6. The van der Waals surface area contributed by atoms with E-state index in [4.69, 9.17) is 18.9 Å². The van der Waals surface area contributed by atoms with Crippen molar-refractivity contribution in [3.63, 3.8) is 0 Å². The largest absolute Gasteiger partial charge is 0.464 e. The Morgan fingerprint density at radius 2 is 0.811 bits per heavy atom. The second kappa shape index (κ2) is 21.8. The van der Waals surface area contributed by atoms with E-state index in [1.807, 2.05) is 0 Å². The summed E-state index contributed by atoms with van der Waals surface area (Å²) in [5.74, 6) is -2.00. The molecule has 6 heteroatoms. The first-order valence-corrected chi connectivity index (χ1v) is 15.7. The highest BCUT2D eigenvalue weighted by molar-refractivity contribution is 5.86. The summed E-state index contributed by atoms with van der Waals surface area (Å²) in [6, 6.07) is 0. The van der Waals surface area contributed by atoms with Crippen molar-refractivity contribution in [2.45, 2.75) is 174 Å². The Bertz CT molecular complexity index is 528. The molecular formula is C31H58O6. The Morgan fingerprint density at radius 1 is 0.514 bits per heavy atom. The zero-order chi connectivity index (χ0) is 27.2. The van der Waals surface area contributed by atoms with Gasteiger partial charge in [-0.1, -0.05) is 117 Å². The second-order valence-electron chi connectivity index (χ2n) is 10.6. The second-order valence-corrected chi connectivity index (χ2v) is 10.6. The highest BCUT2D eigenvalue weighted by Crippen LogP contribution is 2.39. The van der Waals surface area contributed by atoms with Crippen LogP contribution < -0.4 is 0 Å². The lowest BCUT2D eigenvalue weighted by Gasteiger charge is -2.28. The average Bonchev–Trinajstić information content (AvgIpc) is 3.27. The highest BCUT2D eigenvalue weighted by atomic mass is 16.8. The fraction of sp³-hybridized carbons (Fsp3) is 0.935. The van der Waals surface area contributed by atoms with E-state index in [0.29, 0.717) is 12.8 Å². The Balaban J connectivity index is 2.64. The number of ether oxygens (including phenoxy) is 4. The van der Waals surface area contributed by atoms with Crippen molar-refractivity contribution in [2.24, 2.45) is 0 Å². The molecule has 0 aromatic rings. The van der Waals surface area contributed by atoms with Gasteiger partial charge in [0.2, 0.25) is 0 Å². The average molecular weight is 527 g/mol. The van der Waals surface area contributed by atoms with E-state index in [2.05, 4.69) is 13.8 Å². The molecule has 0 radical (unpaired) electrons. The number of rotatable bonds is 24. The first kappa shape index (κ1) is 33.9. The van der Waals surface area contributed by atoms with Gasteiger partial charge in [0, 0.05) is 12.8 Å². The standard InChI is InChI=1S/C31H58O6/c1-5-9-11-13-15-17-19-21-23-25-31(26-24-22-20-18-16-14-12-10-6-2)36-27(29(32)34-7-3)28(37-31)30(33)35-8-4/h27-28H,5-26H2,1-4H3/t27-,28-/m1/s1. The predicted octanol–water partition coefficient (Wildman–Crippen LogP) is 8.43. The van der Waals surface area contributed by atoms with Crippen LogP contribution in [0.2, 0.25) is 0 Å². The number of carbonyl (C=O) groups is 2. The molecule has 1 fully saturated rings. The van der Waals surface area contributed by atoms with E-state index >= 15 is 0 Å². The van der Waals surface area contributed by atoms with Gasteiger partial charge in [-0.25, -0.2) is 9.59 Å². The molecule has 1 aliphatic rings. The molecule has 1 heterocycles. The lowest BCUT2D eigenvalue weighted by atomic mass is 9.98. The number of esters is 2. The molecule has 0 aromatic carbocycles. The maximum atomic E-state index is 12.7. The van der Waals surface area contributed by atoms with E-state index in [0.717, 1.165) is 25.7 Å².